The van der Waals surface area contributed by atoms with Gasteiger partial charge in [-0.1, -0.05) is 24.6 Å². The SMILES string of the molecule is O=C(c1cc(N2CCC(CN3CCCC3)CC2)c2c(C3CCC3)nn(-c3ccccc3)c2n1)N1C=CC=CS1(=O)=O. The maximum absolute atomic E-state index is 13.7. The number of benzene rings is 1. The average molecular weight is 573 g/mol. The maximum Gasteiger partial charge on any atom is 0.290 e. The number of rotatable bonds is 6. The van der Waals surface area contributed by atoms with Gasteiger partial charge in [0.2, 0.25) is 0 Å². The minimum absolute atomic E-state index is 0.104. The first-order valence-corrected chi connectivity index (χ1v) is 16.4. The van der Waals surface area contributed by atoms with Gasteiger partial charge in [0.1, 0.15) is 5.69 Å². The summed E-state index contributed by atoms with van der Waals surface area (Å²) < 4.78 is 28.1. The van der Waals surface area contributed by atoms with Crippen molar-refractivity contribution in [3.8, 4) is 5.69 Å². The third-order valence-corrected chi connectivity index (χ3v) is 10.4. The summed E-state index contributed by atoms with van der Waals surface area (Å²) >= 11 is 0. The Hall–Kier alpha value is -3.50. The van der Waals surface area contributed by atoms with Crippen molar-refractivity contribution in [3.05, 3.63) is 71.5 Å². The van der Waals surface area contributed by atoms with Gasteiger partial charge in [-0.3, -0.25) is 4.79 Å². The number of piperidine rings is 1. The molecule has 2 saturated heterocycles. The zero-order chi connectivity index (χ0) is 28.0. The summed E-state index contributed by atoms with van der Waals surface area (Å²) in [7, 11) is -3.91. The molecule has 1 aliphatic carbocycles. The number of nitrogens with zero attached hydrogens (tertiary/aromatic N) is 6. The molecule has 4 aliphatic rings. The lowest BCUT2D eigenvalue weighted by Crippen LogP contribution is -2.38. The minimum Gasteiger partial charge on any atom is -0.371 e. The van der Waals surface area contributed by atoms with Crippen LogP contribution in [0.15, 0.2) is 60.2 Å². The van der Waals surface area contributed by atoms with E-state index in [0.717, 1.165) is 77.5 Å². The number of hydrogen-bond donors (Lipinski definition) is 0. The van der Waals surface area contributed by atoms with E-state index in [-0.39, 0.29) is 5.69 Å². The highest BCUT2D eigenvalue weighted by molar-refractivity contribution is 7.92. The Morgan fingerprint density at radius 1 is 0.927 bits per heavy atom. The topological polar surface area (TPSA) is 91.6 Å². The second-order valence-electron chi connectivity index (χ2n) is 11.7. The Morgan fingerprint density at radius 3 is 2.37 bits per heavy atom. The Bertz CT molecular complexity index is 1610. The Labute approximate surface area is 241 Å². The van der Waals surface area contributed by atoms with Crippen molar-refractivity contribution < 1.29 is 13.2 Å². The summed E-state index contributed by atoms with van der Waals surface area (Å²) in [4.78, 5) is 23.6. The fraction of sp³-hybridized carbons (Fsp3) is 0.452. The Kier molecular flexibility index (Phi) is 6.90. The van der Waals surface area contributed by atoms with Gasteiger partial charge in [-0.2, -0.15) is 5.10 Å². The summed E-state index contributed by atoms with van der Waals surface area (Å²) in [6.45, 7) is 5.36. The minimum atomic E-state index is -3.91. The monoisotopic (exact) mass is 572 g/mol. The third kappa shape index (κ3) is 4.97. The quantitative estimate of drug-likeness (QED) is 0.419. The lowest BCUT2D eigenvalue weighted by molar-refractivity contribution is 0.0894. The summed E-state index contributed by atoms with van der Waals surface area (Å²) in [5, 5.41) is 7.15. The normalized spacial score (nSPS) is 21.6. The van der Waals surface area contributed by atoms with Crippen molar-refractivity contribution in [3.63, 3.8) is 0 Å². The first-order valence-electron chi connectivity index (χ1n) is 14.9. The molecule has 10 heteroatoms. The lowest BCUT2D eigenvalue weighted by Gasteiger charge is -2.36. The van der Waals surface area contributed by atoms with E-state index < -0.39 is 15.9 Å². The van der Waals surface area contributed by atoms with Crippen molar-refractivity contribution in [2.24, 2.45) is 5.92 Å². The van der Waals surface area contributed by atoms with Crippen molar-refractivity contribution in [1.82, 2.24) is 24.0 Å². The molecule has 5 heterocycles. The fourth-order valence-corrected chi connectivity index (χ4v) is 7.59. The zero-order valence-corrected chi connectivity index (χ0v) is 24.0. The van der Waals surface area contributed by atoms with Crippen LogP contribution >= 0.6 is 0 Å². The number of hydrogen-bond acceptors (Lipinski definition) is 7. The number of likely N-dealkylation sites (tertiary alicyclic amines) is 1. The van der Waals surface area contributed by atoms with Gasteiger partial charge in [-0.15, -0.1) is 0 Å². The van der Waals surface area contributed by atoms with Gasteiger partial charge in [0.25, 0.3) is 15.9 Å². The molecule has 0 atom stereocenters. The predicted octanol–water partition coefficient (Wildman–Crippen LogP) is 4.81. The van der Waals surface area contributed by atoms with E-state index in [1.807, 2.05) is 41.1 Å². The lowest BCUT2D eigenvalue weighted by atomic mass is 9.81. The summed E-state index contributed by atoms with van der Waals surface area (Å²) in [5.74, 6) is 0.354. The Morgan fingerprint density at radius 2 is 1.68 bits per heavy atom. The molecule has 0 N–H and O–H groups in total. The van der Waals surface area contributed by atoms with Crippen LogP contribution in [0.5, 0.6) is 0 Å². The first-order chi connectivity index (χ1) is 20.0. The van der Waals surface area contributed by atoms with Crippen LogP contribution in [0.25, 0.3) is 16.7 Å². The van der Waals surface area contributed by atoms with Gasteiger partial charge in [-0.25, -0.2) is 22.4 Å². The number of carbonyl (C=O) groups excluding carboxylic acids is 1. The smallest absolute Gasteiger partial charge is 0.290 e. The zero-order valence-electron chi connectivity index (χ0n) is 23.2. The number of sulfonamides is 1. The van der Waals surface area contributed by atoms with Crippen LogP contribution in [0.1, 0.15) is 67.0 Å². The molecule has 0 radical (unpaired) electrons. The molecule has 3 aromatic rings. The highest BCUT2D eigenvalue weighted by atomic mass is 32.2. The molecule has 0 spiro atoms. The van der Waals surface area contributed by atoms with Crippen LogP contribution in [0.4, 0.5) is 5.69 Å². The van der Waals surface area contributed by atoms with E-state index in [9.17, 15) is 13.2 Å². The second-order valence-corrected chi connectivity index (χ2v) is 13.4. The third-order valence-electron chi connectivity index (χ3n) is 9.08. The van der Waals surface area contributed by atoms with Crippen LogP contribution in [0, 0.1) is 5.92 Å². The summed E-state index contributed by atoms with van der Waals surface area (Å²) in [5.41, 5.74) is 3.54. The number of para-hydroxylation sites is 1. The van der Waals surface area contributed by atoms with E-state index in [4.69, 9.17) is 10.1 Å². The molecule has 0 unspecified atom stereocenters. The van der Waals surface area contributed by atoms with Gasteiger partial charge in [-0.05, 0) is 87.9 Å². The molecule has 3 fully saturated rings. The number of fused-ring (bicyclic) bond motifs is 1. The maximum atomic E-state index is 13.7. The van der Waals surface area contributed by atoms with E-state index in [1.54, 1.807) is 6.08 Å². The molecule has 7 rings (SSSR count). The van der Waals surface area contributed by atoms with Crippen molar-refractivity contribution >= 4 is 32.7 Å². The molecule has 0 bridgehead atoms. The van der Waals surface area contributed by atoms with E-state index in [0.29, 0.717) is 17.5 Å². The van der Waals surface area contributed by atoms with Crippen LogP contribution in [0.3, 0.4) is 0 Å². The molecule has 3 aliphatic heterocycles. The predicted molar refractivity (Wildman–Crippen MR) is 159 cm³/mol. The summed E-state index contributed by atoms with van der Waals surface area (Å²) in [6.07, 6.45) is 12.4. The van der Waals surface area contributed by atoms with Crippen LogP contribution in [-0.2, 0) is 10.0 Å². The average Bonchev–Trinajstić information content (AvgIpc) is 3.60. The van der Waals surface area contributed by atoms with Crippen LogP contribution in [0.2, 0.25) is 0 Å². The highest BCUT2D eigenvalue weighted by Crippen LogP contribution is 2.43. The highest BCUT2D eigenvalue weighted by Gasteiger charge is 2.34. The van der Waals surface area contributed by atoms with E-state index in [2.05, 4.69) is 9.80 Å². The van der Waals surface area contributed by atoms with Crippen molar-refractivity contribution in [1.29, 1.82) is 0 Å². The molecule has 214 valence electrons. The molecule has 41 heavy (non-hydrogen) atoms. The standard InChI is InChI=1S/C31H36N6O3S/c38-31(36-17-6-7-20-41(36,39)40)26-21-27(35-18-13-23(14-19-35)22-34-15-4-5-16-34)28-29(24-9-8-10-24)33-37(30(28)32-26)25-11-2-1-3-12-25/h1-3,6-7,11-12,17,20-21,23-24H,4-5,8-10,13-16,18-19,22H2. The van der Waals surface area contributed by atoms with E-state index >= 15 is 0 Å². The summed E-state index contributed by atoms with van der Waals surface area (Å²) in [6, 6.07) is 11.7. The van der Waals surface area contributed by atoms with Gasteiger partial charge in [0, 0.05) is 31.8 Å². The molecular weight excluding hydrogens is 536 g/mol. The number of amides is 1. The number of anilines is 1. The molecule has 1 amide bonds. The van der Waals surface area contributed by atoms with Crippen LogP contribution < -0.4 is 4.90 Å². The van der Waals surface area contributed by atoms with Crippen molar-refractivity contribution in [2.75, 3.05) is 37.6 Å². The number of aromatic nitrogens is 3. The van der Waals surface area contributed by atoms with Gasteiger partial charge in [0.15, 0.2) is 5.65 Å². The Balaban J connectivity index is 1.33. The van der Waals surface area contributed by atoms with Crippen molar-refractivity contribution in [2.45, 2.75) is 50.9 Å². The molecule has 1 aromatic carbocycles. The number of carbonyl (C=O) groups is 1. The molecule has 1 saturated carbocycles. The first kappa shape index (κ1) is 26.4. The van der Waals surface area contributed by atoms with Gasteiger partial charge >= 0.3 is 0 Å². The van der Waals surface area contributed by atoms with Gasteiger partial charge in [0.05, 0.1) is 27.9 Å². The van der Waals surface area contributed by atoms with Gasteiger partial charge < -0.3 is 9.80 Å². The molecule has 9 nitrogen and oxygen atoms in total. The number of pyridine rings is 1. The number of allylic oxidation sites excluding steroid dienone is 2. The second kappa shape index (κ2) is 10.7. The molecular formula is C31H36N6O3S. The van der Waals surface area contributed by atoms with E-state index in [1.165, 1.54) is 44.6 Å². The van der Waals surface area contributed by atoms with Crippen LogP contribution in [-0.4, -0.2) is 71.0 Å². The molecule has 2 aromatic heterocycles. The fourth-order valence-electron chi connectivity index (χ4n) is 6.60. The largest absolute Gasteiger partial charge is 0.371 e.